The highest BCUT2D eigenvalue weighted by Crippen LogP contribution is 2.27. The molecule has 1 amide bonds. The van der Waals surface area contributed by atoms with Crippen LogP contribution in [0.3, 0.4) is 0 Å². The normalized spacial score (nSPS) is 14.6. The van der Waals surface area contributed by atoms with E-state index in [4.69, 9.17) is 11.6 Å². The summed E-state index contributed by atoms with van der Waals surface area (Å²) in [5.74, 6) is -0.0586. The Labute approximate surface area is 192 Å². The Balaban J connectivity index is 1.36. The number of anilines is 2. The number of hydrogen-bond acceptors (Lipinski definition) is 5. The van der Waals surface area contributed by atoms with Crippen LogP contribution in [-0.4, -0.2) is 48.5 Å². The number of aryl methyl sites for hydroxylation is 1. The number of likely N-dealkylation sites (N-methyl/N-ethyl adjacent to an activating group) is 1. The van der Waals surface area contributed by atoms with E-state index in [1.165, 1.54) is 22.6 Å². The molecule has 1 N–H and O–H groups in total. The Morgan fingerprint density at radius 3 is 2.55 bits per heavy atom. The first kappa shape index (κ1) is 21.8. The van der Waals surface area contributed by atoms with Crippen LogP contribution in [0.15, 0.2) is 47.8 Å². The van der Waals surface area contributed by atoms with Gasteiger partial charge in [-0.1, -0.05) is 30.7 Å². The Bertz CT molecular complexity index is 1040. The highest BCUT2D eigenvalue weighted by atomic mass is 35.5. The van der Waals surface area contributed by atoms with Crippen molar-refractivity contribution < 1.29 is 4.79 Å². The van der Waals surface area contributed by atoms with E-state index < -0.39 is 0 Å². The number of piperazine rings is 1. The lowest BCUT2D eigenvalue weighted by Crippen LogP contribution is -2.46. The lowest BCUT2D eigenvalue weighted by atomic mass is 10.1. The standard InChI is InChI=1S/C24H27ClN4OS/c1-3-28-10-12-29(13-11-28)22-9-8-20(14-17(22)2)26-23(30)15-21-16-31-24(27-21)18-4-6-19(25)7-5-18/h4-9,14,16H,3,10-13,15H2,1-2H3,(H,26,30). The van der Waals surface area contributed by atoms with Crippen molar-refractivity contribution in [3.05, 3.63) is 64.1 Å². The van der Waals surface area contributed by atoms with Crippen LogP contribution < -0.4 is 10.2 Å². The fourth-order valence-electron chi connectivity index (χ4n) is 3.88. The van der Waals surface area contributed by atoms with Crippen LogP contribution in [0.25, 0.3) is 10.6 Å². The summed E-state index contributed by atoms with van der Waals surface area (Å²) >= 11 is 7.49. The van der Waals surface area contributed by atoms with Crippen LogP contribution in [0.5, 0.6) is 0 Å². The number of hydrogen-bond donors (Lipinski definition) is 1. The Kier molecular flexibility index (Phi) is 6.90. The van der Waals surface area contributed by atoms with Gasteiger partial charge in [0.2, 0.25) is 5.91 Å². The van der Waals surface area contributed by atoms with Crippen molar-refractivity contribution in [1.29, 1.82) is 0 Å². The molecule has 0 unspecified atom stereocenters. The topological polar surface area (TPSA) is 48.5 Å². The van der Waals surface area contributed by atoms with Crippen LogP contribution in [0, 0.1) is 6.92 Å². The third-order valence-corrected chi connectivity index (χ3v) is 6.82. The van der Waals surface area contributed by atoms with E-state index >= 15 is 0 Å². The fourth-order valence-corrected chi connectivity index (χ4v) is 4.83. The third kappa shape index (κ3) is 5.45. The van der Waals surface area contributed by atoms with Gasteiger partial charge in [-0.05, 0) is 49.4 Å². The van der Waals surface area contributed by atoms with Gasteiger partial charge < -0.3 is 15.1 Å². The molecule has 31 heavy (non-hydrogen) atoms. The molecule has 0 bridgehead atoms. The number of halogens is 1. The predicted molar refractivity (Wildman–Crippen MR) is 130 cm³/mol. The molecule has 5 nitrogen and oxygen atoms in total. The second kappa shape index (κ2) is 9.81. The molecule has 0 atom stereocenters. The molecule has 4 rings (SSSR count). The maximum atomic E-state index is 12.6. The predicted octanol–water partition coefficient (Wildman–Crippen LogP) is 5.10. The molecular weight excluding hydrogens is 428 g/mol. The van der Waals surface area contributed by atoms with E-state index in [0.717, 1.165) is 54.7 Å². The fraction of sp³-hybridized carbons (Fsp3) is 0.333. The minimum Gasteiger partial charge on any atom is -0.369 e. The minimum atomic E-state index is -0.0586. The minimum absolute atomic E-state index is 0.0586. The molecular formula is C24H27ClN4OS. The quantitative estimate of drug-likeness (QED) is 0.563. The van der Waals surface area contributed by atoms with Crippen molar-refractivity contribution in [1.82, 2.24) is 9.88 Å². The van der Waals surface area contributed by atoms with Crippen molar-refractivity contribution in [2.24, 2.45) is 0 Å². The first-order valence-electron chi connectivity index (χ1n) is 10.6. The summed E-state index contributed by atoms with van der Waals surface area (Å²) in [5.41, 5.74) is 5.04. The second-order valence-electron chi connectivity index (χ2n) is 7.80. The summed E-state index contributed by atoms with van der Waals surface area (Å²) in [5, 5.41) is 6.54. The molecule has 1 aliphatic heterocycles. The van der Waals surface area contributed by atoms with Crippen LogP contribution in [-0.2, 0) is 11.2 Å². The Hall–Kier alpha value is -2.41. The molecule has 0 saturated carbocycles. The van der Waals surface area contributed by atoms with Crippen LogP contribution >= 0.6 is 22.9 Å². The summed E-state index contributed by atoms with van der Waals surface area (Å²) in [6.07, 6.45) is 0.254. The van der Waals surface area contributed by atoms with Crippen molar-refractivity contribution in [2.75, 3.05) is 42.9 Å². The lowest BCUT2D eigenvalue weighted by molar-refractivity contribution is -0.115. The second-order valence-corrected chi connectivity index (χ2v) is 9.09. The first-order chi connectivity index (χ1) is 15.0. The SMILES string of the molecule is CCN1CCN(c2ccc(NC(=O)Cc3csc(-c4ccc(Cl)cc4)n3)cc2C)CC1. The van der Waals surface area contributed by atoms with Crippen LogP contribution in [0.2, 0.25) is 5.02 Å². The van der Waals surface area contributed by atoms with Gasteiger partial charge in [-0.3, -0.25) is 4.79 Å². The van der Waals surface area contributed by atoms with Gasteiger partial charge in [-0.15, -0.1) is 11.3 Å². The largest absolute Gasteiger partial charge is 0.369 e. The van der Waals surface area contributed by atoms with Crippen molar-refractivity contribution in [3.63, 3.8) is 0 Å². The van der Waals surface area contributed by atoms with Gasteiger partial charge in [-0.25, -0.2) is 4.98 Å². The molecule has 7 heteroatoms. The Morgan fingerprint density at radius 1 is 1.13 bits per heavy atom. The number of nitrogens with zero attached hydrogens (tertiary/aromatic N) is 3. The van der Waals surface area contributed by atoms with Crippen molar-refractivity contribution in [2.45, 2.75) is 20.3 Å². The lowest BCUT2D eigenvalue weighted by Gasteiger charge is -2.36. The zero-order valence-corrected chi connectivity index (χ0v) is 19.5. The number of thiazole rings is 1. The van der Waals surface area contributed by atoms with E-state index in [-0.39, 0.29) is 12.3 Å². The zero-order chi connectivity index (χ0) is 21.8. The van der Waals surface area contributed by atoms with Gasteiger partial charge in [-0.2, -0.15) is 0 Å². The van der Waals surface area contributed by atoms with Gasteiger partial charge >= 0.3 is 0 Å². The molecule has 2 aromatic carbocycles. The Morgan fingerprint density at radius 2 is 1.87 bits per heavy atom. The van der Waals surface area contributed by atoms with Gasteiger partial charge in [0.25, 0.3) is 0 Å². The molecule has 1 saturated heterocycles. The molecule has 1 fully saturated rings. The third-order valence-electron chi connectivity index (χ3n) is 5.63. The van der Waals surface area contributed by atoms with Gasteiger partial charge in [0, 0.05) is 53.5 Å². The maximum Gasteiger partial charge on any atom is 0.230 e. The number of amides is 1. The highest BCUT2D eigenvalue weighted by molar-refractivity contribution is 7.13. The van der Waals surface area contributed by atoms with E-state index in [2.05, 4.69) is 46.1 Å². The van der Waals surface area contributed by atoms with Gasteiger partial charge in [0.05, 0.1) is 12.1 Å². The van der Waals surface area contributed by atoms with E-state index in [1.807, 2.05) is 35.7 Å². The van der Waals surface area contributed by atoms with Crippen molar-refractivity contribution >= 4 is 40.2 Å². The van der Waals surface area contributed by atoms with Gasteiger partial charge in [0.15, 0.2) is 0 Å². The summed E-state index contributed by atoms with van der Waals surface area (Å²) < 4.78 is 0. The molecule has 0 spiro atoms. The molecule has 0 aliphatic carbocycles. The smallest absolute Gasteiger partial charge is 0.230 e. The van der Waals surface area contributed by atoms with Crippen molar-refractivity contribution in [3.8, 4) is 10.6 Å². The summed E-state index contributed by atoms with van der Waals surface area (Å²) in [6.45, 7) is 9.71. The summed E-state index contributed by atoms with van der Waals surface area (Å²) in [6, 6.07) is 13.7. The van der Waals surface area contributed by atoms with Crippen LogP contribution in [0.4, 0.5) is 11.4 Å². The average Bonchev–Trinajstić information content (AvgIpc) is 3.23. The molecule has 1 aliphatic rings. The molecule has 2 heterocycles. The number of aromatic nitrogens is 1. The molecule has 0 radical (unpaired) electrons. The number of carbonyl (C=O) groups excluding carboxylic acids is 1. The zero-order valence-electron chi connectivity index (χ0n) is 17.9. The monoisotopic (exact) mass is 454 g/mol. The number of rotatable bonds is 6. The van der Waals surface area contributed by atoms with Gasteiger partial charge in [0.1, 0.15) is 5.01 Å². The summed E-state index contributed by atoms with van der Waals surface area (Å²) in [4.78, 5) is 22.1. The molecule has 1 aromatic heterocycles. The average molecular weight is 455 g/mol. The van der Waals surface area contributed by atoms with E-state index in [9.17, 15) is 4.79 Å². The first-order valence-corrected chi connectivity index (χ1v) is 11.9. The molecule has 3 aromatic rings. The number of carbonyl (C=O) groups is 1. The summed E-state index contributed by atoms with van der Waals surface area (Å²) in [7, 11) is 0. The van der Waals surface area contributed by atoms with Crippen LogP contribution in [0.1, 0.15) is 18.2 Å². The highest BCUT2D eigenvalue weighted by Gasteiger charge is 2.17. The number of benzene rings is 2. The van der Waals surface area contributed by atoms with E-state index in [1.54, 1.807) is 0 Å². The number of nitrogens with one attached hydrogen (secondary N) is 1. The molecule has 162 valence electrons. The maximum absolute atomic E-state index is 12.6. The van der Waals surface area contributed by atoms with E-state index in [0.29, 0.717) is 5.02 Å².